The third kappa shape index (κ3) is 4.86. The molecule has 1 fully saturated rings. The Hall–Kier alpha value is -2.22. The summed E-state index contributed by atoms with van der Waals surface area (Å²) in [6.45, 7) is 2.90. The van der Waals surface area contributed by atoms with Gasteiger partial charge in [0.05, 0.1) is 7.11 Å². The van der Waals surface area contributed by atoms with E-state index in [4.69, 9.17) is 4.74 Å². The summed E-state index contributed by atoms with van der Waals surface area (Å²) in [7, 11) is 3.58. The van der Waals surface area contributed by atoms with Gasteiger partial charge < -0.3 is 19.9 Å². The van der Waals surface area contributed by atoms with Crippen LogP contribution in [0.5, 0.6) is 5.75 Å². The number of benzene rings is 2. The minimum Gasteiger partial charge on any atom is -0.497 e. The van der Waals surface area contributed by atoms with E-state index in [0.29, 0.717) is 5.92 Å². The maximum Gasteiger partial charge on any atom is 0.193 e. The van der Waals surface area contributed by atoms with Gasteiger partial charge >= 0.3 is 0 Å². The van der Waals surface area contributed by atoms with Crippen LogP contribution >= 0.6 is 24.0 Å². The highest BCUT2D eigenvalue weighted by Crippen LogP contribution is 2.28. The lowest BCUT2D eigenvalue weighted by Gasteiger charge is -2.22. The second-order valence-electron chi connectivity index (χ2n) is 7.29. The Morgan fingerprint density at radius 2 is 2.00 bits per heavy atom. The molecule has 1 aromatic heterocycles. The molecule has 5 nitrogen and oxygen atoms in total. The normalized spacial score (nSPS) is 16.7. The molecule has 2 heterocycles. The fourth-order valence-electron chi connectivity index (χ4n) is 4.08. The summed E-state index contributed by atoms with van der Waals surface area (Å²) in [4.78, 5) is 10.2. The van der Waals surface area contributed by atoms with Gasteiger partial charge in [-0.1, -0.05) is 30.3 Å². The molecule has 154 valence electrons. The highest BCUT2D eigenvalue weighted by Gasteiger charge is 2.26. The van der Waals surface area contributed by atoms with Crippen molar-refractivity contribution in [2.24, 2.45) is 4.99 Å². The van der Waals surface area contributed by atoms with Crippen molar-refractivity contribution in [3.8, 4) is 5.75 Å². The SMILES string of the molecule is CN=C(NCCc1c[nH]c2ccccc12)N1CCC(c2ccc(OC)cc2)C1.I. The van der Waals surface area contributed by atoms with Crippen LogP contribution in [0.1, 0.15) is 23.5 Å². The number of nitrogens with one attached hydrogen (secondary N) is 2. The molecular formula is C23H29IN4O. The second-order valence-corrected chi connectivity index (χ2v) is 7.29. The largest absolute Gasteiger partial charge is 0.497 e. The highest BCUT2D eigenvalue weighted by molar-refractivity contribution is 14.0. The third-order valence-electron chi connectivity index (χ3n) is 5.64. The predicted molar refractivity (Wildman–Crippen MR) is 131 cm³/mol. The van der Waals surface area contributed by atoms with Crippen LogP contribution in [0, 0.1) is 0 Å². The van der Waals surface area contributed by atoms with Crippen LogP contribution in [-0.2, 0) is 6.42 Å². The van der Waals surface area contributed by atoms with E-state index in [-0.39, 0.29) is 24.0 Å². The van der Waals surface area contributed by atoms with E-state index < -0.39 is 0 Å². The molecule has 0 amide bonds. The van der Waals surface area contributed by atoms with Gasteiger partial charge in [-0.3, -0.25) is 4.99 Å². The number of aliphatic imine (C=N–C) groups is 1. The molecule has 2 N–H and O–H groups in total. The summed E-state index contributed by atoms with van der Waals surface area (Å²) in [6, 6.07) is 16.9. The first-order valence-electron chi connectivity index (χ1n) is 9.93. The summed E-state index contributed by atoms with van der Waals surface area (Å²) >= 11 is 0. The van der Waals surface area contributed by atoms with Gasteiger partial charge in [-0.25, -0.2) is 0 Å². The topological polar surface area (TPSA) is 52.7 Å². The van der Waals surface area contributed by atoms with E-state index in [9.17, 15) is 0 Å². The molecule has 29 heavy (non-hydrogen) atoms. The molecule has 6 heteroatoms. The Bertz CT molecular complexity index is 951. The monoisotopic (exact) mass is 504 g/mol. The maximum atomic E-state index is 5.27. The van der Waals surface area contributed by atoms with Gasteiger partial charge in [0.15, 0.2) is 5.96 Å². The molecule has 4 rings (SSSR count). The van der Waals surface area contributed by atoms with E-state index in [0.717, 1.165) is 44.2 Å². The maximum absolute atomic E-state index is 5.27. The number of hydrogen-bond acceptors (Lipinski definition) is 2. The van der Waals surface area contributed by atoms with E-state index >= 15 is 0 Å². The van der Waals surface area contributed by atoms with Crippen molar-refractivity contribution in [1.82, 2.24) is 15.2 Å². The highest BCUT2D eigenvalue weighted by atomic mass is 127. The zero-order chi connectivity index (χ0) is 19.3. The number of likely N-dealkylation sites (tertiary alicyclic amines) is 1. The van der Waals surface area contributed by atoms with Crippen LogP contribution in [0.3, 0.4) is 0 Å². The average Bonchev–Trinajstić information content (AvgIpc) is 3.39. The Labute approximate surface area is 189 Å². The summed E-state index contributed by atoms with van der Waals surface area (Å²) in [5.41, 5.74) is 3.91. The standard InChI is InChI=1S/C23H28N4O.HI/c1-24-23(25-13-11-18-15-26-22-6-4-3-5-21(18)22)27-14-12-19(16-27)17-7-9-20(28-2)10-8-17;/h3-10,15,19,26H,11-14,16H2,1-2H3,(H,24,25);1H. The fourth-order valence-corrected chi connectivity index (χ4v) is 4.08. The van der Waals surface area contributed by atoms with Gasteiger partial charge in [-0.05, 0) is 42.2 Å². The molecule has 0 spiro atoms. The van der Waals surface area contributed by atoms with E-state index in [1.165, 1.54) is 22.0 Å². The van der Waals surface area contributed by atoms with E-state index in [1.807, 2.05) is 19.2 Å². The smallest absolute Gasteiger partial charge is 0.193 e. The molecule has 0 saturated carbocycles. The molecule has 1 saturated heterocycles. The summed E-state index contributed by atoms with van der Waals surface area (Å²) < 4.78 is 5.27. The van der Waals surface area contributed by atoms with Crippen molar-refractivity contribution in [1.29, 1.82) is 0 Å². The molecule has 2 aromatic carbocycles. The molecule has 1 unspecified atom stereocenters. The molecule has 1 atom stereocenters. The lowest BCUT2D eigenvalue weighted by molar-refractivity contribution is 0.414. The first kappa shape index (κ1) is 21.5. The molecule has 1 aliphatic rings. The summed E-state index contributed by atoms with van der Waals surface area (Å²) in [5.74, 6) is 2.45. The number of aromatic amines is 1. The number of fused-ring (bicyclic) bond motifs is 1. The number of halogens is 1. The van der Waals surface area contributed by atoms with Crippen molar-refractivity contribution < 1.29 is 4.74 Å². The minimum absolute atomic E-state index is 0. The van der Waals surface area contributed by atoms with Crippen LogP contribution in [-0.4, -0.2) is 49.6 Å². The number of rotatable bonds is 5. The van der Waals surface area contributed by atoms with Crippen molar-refractivity contribution in [3.63, 3.8) is 0 Å². The summed E-state index contributed by atoms with van der Waals surface area (Å²) in [5, 5.41) is 4.85. The quantitative estimate of drug-likeness (QED) is 0.308. The van der Waals surface area contributed by atoms with Gasteiger partial charge in [-0.15, -0.1) is 24.0 Å². The second kappa shape index (κ2) is 10.0. The van der Waals surface area contributed by atoms with Crippen molar-refractivity contribution in [2.45, 2.75) is 18.8 Å². The Kier molecular flexibility index (Phi) is 7.41. The summed E-state index contributed by atoms with van der Waals surface area (Å²) in [6.07, 6.45) is 4.24. The molecular weight excluding hydrogens is 475 g/mol. The molecule has 3 aromatic rings. The molecule has 0 aliphatic carbocycles. The lowest BCUT2D eigenvalue weighted by Crippen LogP contribution is -2.40. The number of nitrogens with zero attached hydrogens (tertiary/aromatic N) is 2. The Morgan fingerprint density at radius 1 is 1.21 bits per heavy atom. The predicted octanol–water partition coefficient (Wildman–Crippen LogP) is 4.40. The van der Waals surface area contributed by atoms with Crippen molar-refractivity contribution in [2.75, 3.05) is 33.8 Å². The van der Waals surface area contributed by atoms with Crippen LogP contribution in [0.4, 0.5) is 0 Å². The van der Waals surface area contributed by atoms with Gasteiger partial charge in [-0.2, -0.15) is 0 Å². The number of guanidine groups is 1. The zero-order valence-corrected chi connectivity index (χ0v) is 19.4. The first-order valence-corrected chi connectivity index (χ1v) is 9.93. The van der Waals surface area contributed by atoms with E-state index in [1.54, 1.807) is 7.11 Å². The average molecular weight is 504 g/mol. The minimum atomic E-state index is 0. The number of para-hydroxylation sites is 1. The molecule has 0 bridgehead atoms. The van der Waals surface area contributed by atoms with Crippen LogP contribution in [0.2, 0.25) is 0 Å². The molecule has 1 aliphatic heterocycles. The zero-order valence-electron chi connectivity index (χ0n) is 17.0. The van der Waals surface area contributed by atoms with Crippen molar-refractivity contribution >= 4 is 40.8 Å². The molecule has 0 radical (unpaired) electrons. The number of aromatic nitrogens is 1. The Morgan fingerprint density at radius 3 is 2.76 bits per heavy atom. The van der Waals surface area contributed by atoms with Gasteiger partial charge in [0.1, 0.15) is 5.75 Å². The first-order chi connectivity index (χ1) is 13.8. The van der Waals surface area contributed by atoms with Gasteiger partial charge in [0, 0.05) is 49.7 Å². The number of hydrogen-bond donors (Lipinski definition) is 2. The number of H-pyrrole nitrogens is 1. The van der Waals surface area contributed by atoms with Crippen LogP contribution in [0.15, 0.2) is 59.7 Å². The lowest BCUT2D eigenvalue weighted by atomic mass is 9.98. The fraction of sp³-hybridized carbons (Fsp3) is 0.348. The third-order valence-corrected chi connectivity index (χ3v) is 5.64. The Balaban J connectivity index is 0.00000240. The van der Waals surface area contributed by atoms with E-state index in [2.05, 4.69) is 62.8 Å². The van der Waals surface area contributed by atoms with Gasteiger partial charge in [0.25, 0.3) is 0 Å². The van der Waals surface area contributed by atoms with Crippen LogP contribution < -0.4 is 10.1 Å². The van der Waals surface area contributed by atoms with Crippen LogP contribution in [0.25, 0.3) is 10.9 Å². The number of methoxy groups -OCH3 is 1. The number of ether oxygens (including phenoxy) is 1. The van der Waals surface area contributed by atoms with Crippen molar-refractivity contribution in [3.05, 3.63) is 65.9 Å². The van der Waals surface area contributed by atoms with Gasteiger partial charge in [0.2, 0.25) is 0 Å².